The number of nitrogens with zero attached hydrogens (tertiary/aromatic N) is 2. The molecule has 2 heterocycles. The van der Waals surface area contributed by atoms with Crippen molar-refractivity contribution in [3.63, 3.8) is 0 Å². The van der Waals surface area contributed by atoms with Crippen LogP contribution >= 0.6 is 23.7 Å². The number of nitrogens with two attached hydrogens (primary N) is 1. The standard InChI is InChI=1S/C7H11N3S.ClH/c8-6-1-3-10(5-6)7-9-2-4-11-7;/h2,4,6H,1,3,5,8H2;1H/t6-;/m0./s1. The molecule has 0 radical (unpaired) electrons. The first-order valence-corrected chi connectivity index (χ1v) is 4.64. The van der Waals surface area contributed by atoms with Gasteiger partial charge in [-0.3, -0.25) is 0 Å². The van der Waals surface area contributed by atoms with Crippen molar-refractivity contribution in [3.05, 3.63) is 11.6 Å². The molecule has 5 heteroatoms. The van der Waals surface area contributed by atoms with E-state index in [1.807, 2.05) is 11.6 Å². The predicted molar refractivity (Wildman–Crippen MR) is 54.2 cm³/mol. The highest BCUT2D eigenvalue weighted by atomic mass is 35.5. The van der Waals surface area contributed by atoms with Gasteiger partial charge in [-0.15, -0.1) is 23.7 Å². The van der Waals surface area contributed by atoms with Gasteiger partial charge in [0.05, 0.1) is 0 Å². The maximum Gasteiger partial charge on any atom is 0.185 e. The van der Waals surface area contributed by atoms with Crippen LogP contribution in [-0.4, -0.2) is 24.1 Å². The Morgan fingerprint density at radius 3 is 3.00 bits per heavy atom. The molecule has 0 aromatic carbocycles. The average molecular weight is 206 g/mol. The topological polar surface area (TPSA) is 42.1 Å². The fourth-order valence-electron chi connectivity index (χ4n) is 1.33. The highest BCUT2D eigenvalue weighted by Gasteiger charge is 2.20. The van der Waals surface area contributed by atoms with E-state index in [1.54, 1.807) is 11.3 Å². The van der Waals surface area contributed by atoms with Crippen molar-refractivity contribution >= 4 is 28.9 Å². The normalized spacial score (nSPS) is 22.4. The monoisotopic (exact) mass is 205 g/mol. The van der Waals surface area contributed by atoms with Crippen molar-refractivity contribution < 1.29 is 0 Å². The molecule has 1 saturated heterocycles. The lowest BCUT2D eigenvalue weighted by Gasteiger charge is -2.12. The molecule has 68 valence electrons. The van der Waals surface area contributed by atoms with E-state index in [0.29, 0.717) is 6.04 Å². The maximum atomic E-state index is 5.77. The van der Waals surface area contributed by atoms with Gasteiger partial charge in [0.2, 0.25) is 0 Å². The van der Waals surface area contributed by atoms with E-state index >= 15 is 0 Å². The van der Waals surface area contributed by atoms with Gasteiger partial charge in [-0.05, 0) is 6.42 Å². The van der Waals surface area contributed by atoms with Gasteiger partial charge in [-0.1, -0.05) is 0 Å². The van der Waals surface area contributed by atoms with Crippen LogP contribution in [0.3, 0.4) is 0 Å². The molecule has 1 atom stereocenters. The molecule has 1 aliphatic rings. The van der Waals surface area contributed by atoms with E-state index < -0.39 is 0 Å². The van der Waals surface area contributed by atoms with Crippen molar-refractivity contribution in [3.8, 4) is 0 Å². The molecule has 1 aromatic heterocycles. The van der Waals surface area contributed by atoms with Gasteiger partial charge >= 0.3 is 0 Å². The molecule has 1 aliphatic heterocycles. The number of halogens is 1. The van der Waals surface area contributed by atoms with Gasteiger partial charge in [-0.2, -0.15) is 0 Å². The first-order valence-electron chi connectivity index (χ1n) is 3.76. The number of anilines is 1. The van der Waals surface area contributed by atoms with Gasteiger partial charge < -0.3 is 10.6 Å². The fourth-order valence-corrected chi connectivity index (χ4v) is 2.01. The summed E-state index contributed by atoms with van der Waals surface area (Å²) in [6.45, 7) is 2.03. The SMILES string of the molecule is Cl.N[C@H]1CCN(c2nccs2)C1. The highest BCUT2D eigenvalue weighted by Crippen LogP contribution is 2.21. The number of aromatic nitrogens is 1. The molecular weight excluding hydrogens is 194 g/mol. The van der Waals surface area contributed by atoms with Crippen molar-refractivity contribution in [2.24, 2.45) is 5.73 Å². The van der Waals surface area contributed by atoms with E-state index in [1.165, 1.54) is 0 Å². The lowest BCUT2D eigenvalue weighted by atomic mass is 10.3. The lowest BCUT2D eigenvalue weighted by Crippen LogP contribution is -2.26. The van der Waals surface area contributed by atoms with Gasteiger partial charge in [0.1, 0.15) is 0 Å². The summed E-state index contributed by atoms with van der Waals surface area (Å²) < 4.78 is 0. The van der Waals surface area contributed by atoms with Crippen LogP contribution in [0.15, 0.2) is 11.6 Å². The lowest BCUT2D eigenvalue weighted by molar-refractivity contribution is 0.752. The summed E-state index contributed by atoms with van der Waals surface area (Å²) in [5.41, 5.74) is 5.77. The van der Waals surface area contributed by atoms with E-state index in [9.17, 15) is 0 Å². The largest absolute Gasteiger partial charge is 0.346 e. The van der Waals surface area contributed by atoms with Crippen LogP contribution in [0.2, 0.25) is 0 Å². The van der Waals surface area contributed by atoms with Crippen molar-refractivity contribution in [1.29, 1.82) is 0 Å². The van der Waals surface area contributed by atoms with E-state index in [0.717, 1.165) is 24.6 Å². The average Bonchev–Trinajstić information content (AvgIpc) is 2.55. The van der Waals surface area contributed by atoms with Crippen LogP contribution in [0, 0.1) is 0 Å². The first kappa shape index (κ1) is 9.77. The first-order chi connectivity index (χ1) is 5.36. The second-order valence-corrected chi connectivity index (χ2v) is 3.68. The number of hydrogen-bond acceptors (Lipinski definition) is 4. The molecule has 0 saturated carbocycles. The highest BCUT2D eigenvalue weighted by molar-refractivity contribution is 7.13. The van der Waals surface area contributed by atoms with Crippen molar-refractivity contribution in [1.82, 2.24) is 4.98 Å². The number of hydrogen-bond donors (Lipinski definition) is 1. The second kappa shape index (κ2) is 4.07. The third-order valence-corrected chi connectivity index (χ3v) is 2.75. The van der Waals surface area contributed by atoms with Crippen molar-refractivity contribution in [2.45, 2.75) is 12.5 Å². The third kappa shape index (κ3) is 1.88. The van der Waals surface area contributed by atoms with Crippen LogP contribution in [-0.2, 0) is 0 Å². The summed E-state index contributed by atoms with van der Waals surface area (Å²) >= 11 is 1.68. The van der Waals surface area contributed by atoms with E-state index in [2.05, 4.69) is 9.88 Å². The summed E-state index contributed by atoms with van der Waals surface area (Å²) in [4.78, 5) is 6.47. The van der Waals surface area contributed by atoms with Crippen LogP contribution in [0.1, 0.15) is 6.42 Å². The molecule has 0 aliphatic carbocycles. The summed E-state index contributed by atoms with van der Waals surface area (Å²) in [6.07, 6.45) is 2.93. The Kier molecular flexibility index (Phi) is 3.31. The Bertz CT molecular complexity index is 227. The summed E-state index contributed by atoms with van der Waals surface area (Å²) in [5, 5.41) is 3.11. The Hall–Kier alpha value is -0.320. The van der Waals surface area contributed by atoms with Gasteiger partial charge in [0, 0.05) is 30.7 Å². The van der Waals surface area contributed by atoms with Crippen LogP contribution in [0.4, 0.5) is 5.13 Å². The Morgan fingerprint density at radius 1 is 1.67 bits per heavy atom. The minimum Gasteiger partial charge on any atom is -0.346 e. The molecule has 12 heavy (non-hydrogen) atoms. The summed E-state index contributed by atoms with van der Waals surface area (Å²) in [5.74, 6) is 0. The van der Waals surface area contributed by atoms with Crippen LogP contribution < -0.4 is 10.6 Å². The smallest absolute Gasteiger partial charge is 0.185 e. The minimum absolute atomic E-state index is 0. The molecule has 0 bridgehead atoms. The van der Waals surface area contributed by atoms with Crippen LogP contribution in [0.25, 0.3) is 0 Å². The molecule has 2 rings (SSSR count). The van der Waals surface area contributed by atoms with E-state index in [4.69, 9.17) is 5.73 Å². The van der Waals surface area contributed by atoms with Gasteiger partial charge in [0.25, 0.3) is 0 Å². The zero-order valence-corrected chi connectivity index (χ0v) is 8.27. The molecule has 2 N–H and O–H groups in total. The van der Waals surface area contributed by atoms with Gasteiger partial charge in [0.15, 0.2) is 5.13 Å². The summed E-state index contributed by atoms with van der Waals surface area (Å²) in [6, 6.07) is 0.346. The molecule has 0 spiro atoms. The molecule has 1 fully saturated rings. The maximum absolute atomic E-state index is 5.77. The molecule has 0 amide bonds. The fraction of sp³-hybridized carbons (Fsp3) is 0.571. The number of rotatable bonds is 1. The molecule has 0 unspecified atom stereocenters. The molecule has 3 nitrogen and oxygen atoms in total. The third-order valence-electron chi connectivity index (χ3n) is 1.91. The minimum atomic E-state index is 0. The second-order valence-electron chi connectivity index (χ2n) is 2.81. The predicted octanol–water partition coefficient (Wildman–Crippen LogP) is 1.10. The van der Waals surface area contributed by atoms with Crippen molar-refractivity contribution in [2.75, 3.05) is 18.0 Å². The zero-order valence-electron chi connectivity index (χ0n) is 6.64. The zero-order chi connectivity index (χ0) is 7.68. The quantitative estimate of drug-likeness (QED) is 0.747. The van der Waals surface area contributed by atoms with Gasteiger partial charge in [-0.25, -0.2) is 4.98 Å². The molecular formula is C7H12ClN3S. The summed E-state index contributed by atoms with van der Waals surface area (Å²) in [7, 11) is 0. The Labute approximate surface area is 82.0 Å². The molecule has 1 aromatic rings. The van der Waals surface area contributed by atoms with E-state index in [-0.39, 0.29) is 12.4 Å². The van der Waals surface area contributed by atoms with Crippen LogP contribution in [0.5, 0.6) is 0 Å². The number of thiazole rings is 1. The Morgan fingerprint density at radius 2 is 2.50 bits per heavy atom. The Balaban J connectivity index is 0.000000720.